The van der Waals surface area contributed by atoms with Crippen LogP contribution in [0.5, 0.6) is 0 Å². The van der Waals surface area contributed by atoms with Crippen molar-refractivity contribution in [1.82, 2.24) is 15.5 Å². The largest absolute Gasteiger partial charge is 0.390 e. The molecular formula is C18H30N4O5. The second kappa shape index (κ2) is 9.27. The Balaban J connectivity index is 1.87. The first-order valence-electron chi connectivity index (χ1n) is 9.64. The third-order valence-corrected chi connectivity index (χ3v) is 5.21. The maximum Gasteiger partial charge on any atom is 0.336 e. The van der Waals surface area contributed by atoms with Crippen molar-refractivity contribution in [2.45, 2.75) is 70.0 Å². The molecule has 4 N–H and O–H groups in total. The molecule has 27 heavy (non-hydrogen) atoms. The number of amides is 2. The summed E-state index contributed by atoms with van der Waals surface area (Å²) in [7, 11) is 0. The fourth-order valence-corrected chi connectivity index (χ4v) is 3.53. The average molecular weight is 382 g/mol. The van der Waals surface area contributed by atoms with Gasteiger partial charge in [-0.25, -0.2) is 9.59 Å². The zero-order valence-corrected chi connectivity index (χ0v) is 16.1. The molecular weight excluding hydrogens is 352 g/mol. The van der Waals surface area contributed by atoms with Crippen LogP contribution in [0.15, 0.2) is 0 Å². The number of hydrogen-bond donors (Lipinski definition) is 3. The van der Waals surface area contributed by atoms with E-state index < -0.39 is 35.5 Å². The Morgan fingerprint density at radius 1 is 1.22 bits per heavy atom. The second-order valence-corrected chi connectivity index (χ2v) is 7.33. The summed E-state index contributed by atoms with van der Waals surface area (Å²) < 4.78 is 4.88. The lowest BCUT2D eigenvalue weighted by Crippen LogP contribution is -2.53. The number of likely N-dealkylation sites (tertiary alicyclic amines) is 1. The first-order valence-corrected chi connectivity index (χ1v) is 9.64. The zero-order valence-electron chi connectivity index (χ0n) is 16.1. The van der Waals surface area contributed by atoms with Crippen LogP contribution in [0.1, 0.15) is 52.4 Å². The van der Waals surface area contributed by atoms with Crippen molar-refractivity contribution in [2.24, 2.45) is 5.73 Å². The Morgan fingerprint density at radius 2 is 1.89 bits per heavy atom. The van der Waals surface area contributed by atoms with Gasteiger partial charge in [0.2, 0.25) is 11.8 Å². The Labute approximate surface area is 159 Å². The van der Waals surface area contributed by atoms with Crippen LogP contribution in [0.3, 0.4) is 0 Å². The molecule has 0 aromatic heterocycles. The summed E-state index contributed by atoms with van der Waals surface area (Å²) in [5, 5.41) is 5.50. The third kappa shape index (κ3) is 5.26. The molecule has 0 aromatic carbocycles. The van der Waals surface area contributed by atoms with Gasteiger partial charge in [-0.05, 0) is 39.2 Å². The summed E-state index contributed by atoms with van der Waals surface area (Å²) in [5.74, 6) is -2.15. The molecule has 2 atom stereocenters. The van der Waals surface area contributed by atoms with Crippen LogP contribution in [0.25, 0.3) is 0 Å². The van der Waals surface area contributed by atoms with Crippen molar-refractivity contribution in [3.8, 4) is 0 Å². The third-order valence-electron chi connectivity index (χ3n) is 5.21. The minimum atomic E-state index is -1.11. The van der Waals surface area contributed by atoms with Crippen LogP contribution in [0.2, 0.25) is 0 Å². The van der Waals surface area contributed by atoms with E-state index in [0.717, 1.165) is 19.3 Å². The first kappa shape index (κ1) is 21.3. The molecule has 1 aliphatic carbocycles. The van der Waals surface area contributed by atoms with Gasteiger partial charge >= 0.3 is 11.9 Å². The van der Waals surface area contributed by atoms with Gasteiger partial charge in [-0.1, -0.05) is 19.8 Å². The molecule has 0 bridgehead atoms. The molecule has 0 spiro atoms. The van der Waals surface area contributed by atoms with E-state index in [1.165, 1.54) is 11.8 Å². The highest BCUT2D eigenvalue weighted by Gasteiger charge is 2.41. The number of nitrogens with zero attached hydrogens (tertiary/aromatic N) is 1. The molecule has 0 aromatic rings. The van der Waals surface area contributed by atoms with Gasteiger partial charge < -0.3 is 26.0 Å². The summed E-state index contributed by atoms with van der Waals surface area (Å²) in [6.07, 6.45) is 3.89. The van der Waals surface area contributed by atoms with E-state index >= 15 is 0 Å². The van der Waals surface area contributed by atoms with Gasteiger partial charge in [-0.3, -0.25) is 9.59 Å². The highest BCUT2D eigenvalue weighted by Crippen LogP contribution is 2.28. The van der Waals surface area contributed by atoms with Gasteiger partial charge in [0, 0.05) is 6.54 Å². The predicted octanol–water partition coefficient (Wildman–Crippen LogP) is -0.567. The second-order valence-electron chi connectivity index (χ2n) is 7.33. The number of rotatable bonds is 7. The van der Waals surface area contributed by atoms with E-state index in [4.69, 9.17) is 10.5 Å². The van der Waals surface area contributed by atoms with E-state index in [2.05, 4.69) is 10.6 Å². The molecule has 2 aliphatic rings. The topological polar surface area (TPSA) is 131 Å². The summed E-state index contributed by atoms with van der Waals surface area (Å²) in [6.45, 7) is 4.69. The summed E-state index contributed by atoms with van der Waals surface area (Å²) in [4.78, 5) is 50.5. The normalized spacial score (nSPS) is 22.3. The highest BCUT2D eigenvalue weighted by atomic mass is 16.6. The van der Waals surface area contributed by atoms with E-state index in [0.29, 0.717) is 32.4 Å². The number of likely N-dealkylation sites (N-methyl/N-ethyl adjacent to an activating group) is 1. The molecule has 2 fully saturated rings. The number of carbonyl (C=O) groups is 4. The van der Waals surface area contributed by atoms with Gasteiger partial charge in [0.25, 0.3) is 0 Å². The Bertz CT molecular complexity index is 588. The minimum absolute atomic E-state index is 0.147. The van der Waals surface area contributed by atoms with Crippen molar-refractivity contribution in [2.75, 3.05) is 19.6 Å². The lowest BCUT2D eigenvalue weighted by Gasteiger charge is -2.26. The van der Waals surface area contributed by atoms with E-state index in [1.807, 2.05) is 6.92 Å². The van der Waals surface area contributed by atoms with E-state index in [9.17, 15) is 19.2 Å². The van der Waals surface area contributed by atoms with Crippen LogP contribution in [-0.2, 0) is 23.9 Å². The number of nitrogens with one attached hydrogen (secondary N) is 2. The maximum atomic E-state index is 12.5. The number of esters is 2. The monoisotopic (exact) mass is 382 g/mol. The van der Waals surface area contributed by atoms with Gasteiger partial charge in [-0.2, -0.15) is 0 Å². The molecule has 9 heteroatoms. The summed E-state index contributed by atoms with van der Waals surface area (Å²) in [6, 6.07) is -1.62. The lowest BCUT2D eigenvalue weighted by atomic mass is 10.00. The fourth-order valence-electron chi connectivity index (χ4n) is 3.53. The standard InChI is InChI=1S/C18H30N4O5/c1-3-20-11-14(23)22-10-6-7-13(22)15(24)21-12(2)16(25)27-17(26)18(19)8-4-5-9-18/h12-13,20H,3-11,19H2,1-2H3,(H,21,24)/t12-,13-/m0/s1. The molecule has 1 aliphatic heterocycles. The maximum absolute atomic E-state index is 12.5. The van der Waals surface area contributed by atoms with Crippen molar-refractivity contribution in [3.05, 3.63) is 0 Å². The Morgan fingerprint density at radius 3 is 2.52 bits per heavy atom. The molecule has 0 radical (unpaired) electrons. The Kier molecular flexibility index (Phi) is 7.32. The number of carbonyl (C=O) groups excluding carboxylic acids is 4. The molecule has 1 saturated heterocycles. The van der Waals surface area contributed by atoms with Gasteiger partial charge in [0.15, 0.2) is 0 Å². The quantitative estimate of drug-likeness (QED) is 0.397. The van der Waals surface area contributed by atoms with Gasteiger partial charge in [-0.15, -0.1) is 0 Å². The molecule has 1 saturated carbocycles. The molecule has 1 heterocycles. The first-order chi connectivity index (χ1) is 12.8. The van der Waals surface area contributed by atoms with Crippen LogP contribution < -0.4 is 16.4 Å². The van der Waals surface area contributed by atoms with Crippen molar-refractivity contribution >= 4 is 23.8 Å². The molecule has 2 rings (SSSR count). The van der Waals surface area contributed by atoms with Crippen molar-refractivity contribution in [1.29, 1.82) is 0 Å². The molecule has 0 unspecified atom stereocenters. The van der Waals surface area contributed by atoms with Crippen LogP contribution in [0, 0.1) is 0 Å². The summed E-state index contributed by atoms with van der Waals surface area (Å²) in [5.41, 5.74) is 4.87. The number of hydrogen-bond acceptors (Lipinski definition) is 7. The molecule has 2 amide bonds. The Hall–Kier alpha value is -2.00. The average Bonchev–Trinajstić information content (AvgIpc) is 3.29. The number of nitrogens with two attached hydrogens (primary N) is 1. The molecule has 152 valence electrons. The van der Waals surface area contributed by atoms with E-state index in [-0.39, 0.29) is 12.5 Å². The van der Waals surface area contributed by atoms with Gasteiger partial charge in [0.05, 0.1) is 6.54 Å². The van der Waals surface area contributed by atoms with E-state index in [1.54, 1.807) is 0 Å². The zero-order chi connectivity index (χ0) is 20.0. The van der Waals surface area contributed by atoms with Crippen molar-refractivity contribution < 1.29 is 23.9 Å². The predicted molar refractivity (Wildman–Crippen MR) is 97.4 cm³/mol. The fraction of sp³-hybridized carbons (Fsp3) is 0.778. The van der Waals surface area contributed by atoms with Crippen molar-refractivity contribution in [3.63, 3.8) is 0 Å². The molecule has 9 nitrogen and oxygen atoms in total. The summed E-state index contributed by atoms with van der Waals surface area (Å²) >= 11 is 0. The van der Waals surface area contributed by atoms with Crippen LogP contribution >= 0.6 is 0 Å². The minimum Gasteiger partial charge on any atom is -0.390 e. The van der Waals surface area contributed by atoms with Crippen LogP contribution in [0.4, 0.5) is 0 Å². The smallest absolute Gasteiger partial charge is 0.336 e. The van der Waals surface area contributed by atoms with Gasteiger partial charge in [0.1, 0.15) is 17.6 Å². The highest BCUT2D eigenvalue weighted by molar-refractivity contribution is 5.96. The lowest BCUT2D eigenvalue weighted by molar-refractivity contribution is -0.165. The number of ether oxygens (including phenoxy) is 1. The SMILES string of the molecule is CCNCC(=O)N1CCC[C@H]1C(=O)N[C@@H](C)C(=O)OC(=O)C1(N)CCCC1. The van der Waals surface area contributed by atoms with Crippen LogP contribution in [-0.4, -0.2) is 65.9 Å².